The third kappa shape index (κ3) is 6.47. The third-order valence-corrected chi connectivity index (χ3v) is 2.34. The summed E-state index contributed by atoms with van der Waals surface area (Å²) in [5.74, 6) is 0.0479. The summed E-state index contributed by atoms with van der Waals surface area (Å²) in [7, 11) is 1.67. The van der Waals surface area contributed by atoms with Crippen LogP contribution in [0.1, 0.15) is 33.6 Å². The molecule has 1 amide bonds. The lowest BCUT2D eigenvalue weighted by molar-refractivity contribution is -0.122. The Bertz CT molecular complexity index is 188. The zero-order valence-electron chi connectivity index (χ0n) is 10.3. The Labute approximate surface area is 92.6 Å². The normalized spacial score (nSPS) is 13.7. The highest BCUT2D eigenvalue weighted by atomic mass is 16.5. The van der Waals surface area contributed by atoms with Gasteiger partial charge in [0, 0.05) is 20.1 Å². The van der Waals surface area contributed by atoms with Crippen molar-refractivity contribution in [3.05, 3.63) is 0 Å². The first kappa shape index (κ1) is 14.4. The van der Waals surface area contributed by atoms with Crippen LogP contribution in [0.3, 0.4) is 0 Å². The van der Waals surface area contributed by atoms with Crippen molar-refractivity contribution in [3.8, 4) is 0 Å². The second-order valence-electron chi connectivity index (χ2n) is 4.79. The molecular formula is C11H24N2O2. The first-order valence-corrected chi connectivity index (χ1v) is 5.41. The molecule has 0 rings (SSSR count). The average molecular weight is 216 g/mol. The predicted octanol–water partition coefficient (Wildman–Crippen LogP) is 0.903. The summed E-state index contributed by atoms with van der Waals surface area (Å²) in [6.45, 7) is 7.39. The van der Waals surface area contributed by atoms with Crippen molar-refractivity contribution in [3.63, 3.8) is 0 Å². The van der Waals surface area contributed by atoms with Gasteiger partial charge in [-0.3, -0.25) is 4.79 Å². The molecule has 3 N–H and O–H groups in total. The summed E-state index contributed by atoms with van der Waals surface area (Å²) in [5, 5.41) is 2.86. The van der Waals surface area contributed by atoms with Crippen LogP contribution >= 0.6 is 0 Å². The summed E-state index contributed by atoms with van der Waals surface area (Å²) < 4.78 is 5.33. The lowest BCUT2D eigenvalue weighted by atomic mass is 9.89. The number of carbonyl (C=O) groups is 1. The molecule has 0 saturated heterocycles. The first-order chi connectivity index (χ1) is 6.91. The van der Waals surface area contributed by atoms with E-state index in [1.54, 1.807) is 7.11 Å². The fraction of sp³-hybridized carbons (Fsp3) is 0.909. The molecule has 4 nitrogen and oxygen atoms in total. The number of methoxy groups -OCH3 is 1. The zero-order chi connectivity index (χ0) is 11.9. The molecule has 90 valence electrons. The van der Waals surface area contributed by atoms with Gasteiger partial charge in [0.25, 0.3) is 0 Å². The van der Waals surface area contributed by atoms with Crippen molar-refractivity contribution in [1.29, 1.82) is 0 Å². The van der Waals surface area contributed by atoms with Crippen LogP contribution < -0.4 is 11.1 Å². The number of carbonyl (C=O) groups excluding carboxylic acids is 1. The molecule has 0 aliphatic rings. The number of hydrogen-bond donors (Lipinski definition) is 2. The summed E-state index contributed by atoms with van der Waals surface area (Å²) in [6, 6.07) is 0. The Kier molecular flexibility index (Phi) is 6.52. The number of hydrogen-bond acceptors (Lipinski definition) is 3. The van der Waals surface area contributed by atoms with E-state index >= 15 is 0 Å². The van der Waals surface area contributed by atoms with E-state index in [0.717, 1.165) is 6.42 Å². The van der Waals surface area contributed by atoms with Gasteiger partial charge in [-0.1, -0.05) is 20.8 Å². The summed E-state index contributed by atoms with van der Waals surface area (Å²) >= 11 is 0. The minimum Gasteiger partial charge on any atom is -0.379 e. The second-order valence-corrected chi connectivity index (χ2v) is 4.79. The lowest BCUT2D eigenvalue weighted by Gasteiger charge is -2.29. The van der Waals surface area contributed by atoms with Gasteiger partial charge in [-0.15, -0.1) is 0 Å². The van der Waals surface area contributed by atoms with Crippen LogP contribution in [0.5, 0.6) is 0 Å². The molecule has 0 aromatic heterocycles. The SMILES string of the molecule is COC(CNC(=O)CCCN)C(C)(C)C. The quantitative estimate of drug-likeness (QED) is 0.693. The Balaban J connectivity index is 3.86. The van der Waals surface area contributed by atoms with Crippen molar-refractivity contribution in [2.75, 3.05) is 20.2 Å². The fourth-order valence-corrected chi connectivity index (χ4v) is 1.30. The molecule has 0 bridgehead atoms. The van der Waals surface area contributed by atoms with Crippen LogP contribution in [-0.2, 0) is 9.53 Å². The van der Waals surface area contributed by atoms with E-state index in [1.807, 2.05) is 0 Å². The van der Waals surface area contributed by atoms with E-state index in [2.05, 4.69) is 26.1 Å². The molecule has 0 aromatic carbocycles. The number of ether oxygens (including phenoxy) is 1. The standard InChI is InChI=1S/C11H24N2O2/c1-11(2,3)9(15-4)8-13-10(14)6-5-7-12/h9H,5-8,12H2,1-4H3,(H,13,14). The van der Waals surface area contributed by atoms with E-state index in [4.69, 9.17) is 10.5 Å². The predicted molar refractivity (Wildman–Crippen MR) is 61.6 cm³/mol. The van der Waals surface area contributed by atoms with Crippen LogP contribution in [0.2, 0.25) is 0 Å². The zero-order valence-corrected chi connectivity index (χ0v) is 10.3. The number of nitrogens with two attached hydrogens (primary N) is 1. The van der Waals surface area contributed by atoms with Gasteiger partial charge in [-0.05, 0) is 18.4 Å². The van der Waals surface area contributed by atoms with Gasteiger partial charge in [-0.2, -0.15) is 0 Å². The highest BCUT2D eigenvalue weighted by Crippen LogP contribution is 2.20. The van der Waals surface area contributed by atoms with Gasteiger partial charge < -0.3 is 15.8 Å². The molecule has 0 spiro atoms. The van der Waals surface area contributed by atoms with Crippen molar-refractivity contribution < 1.29 is 9.53 Å². The molecule has 1 unspecified atom stereocenters. The topological polar surface area (TPSA) is 64.3 Å². The van der Waals surface area contributed by atoms with Crippen molar-refractivity contribution in [1.82, 2.24) is 5.32 Å². The number of nitrogens with one attached hydrogen (secondary N) is 1. The first-order valence-electron chi connectivity index (χ1n) is 5.41. The fourth-order valence-electron chi connectivity index (χ4n) is 1.30. The molecule has 4 heteroatoms. The molecule has 15 heavy (non-hydrogen) atoms. The highest BCUT2D eigenvalue weighted by molar-refractivity contribution is 5.75. The van der Waals surface area contributed by atoms with Gasteiger partial charge in [0.05, 0.1) is 6.10 Å². The van der Waals surface area contributed by atoms with Gasteiger partial charge in [0.15, 0.2) is 0 Å². The van der Waals surface area contributed by atoms with Crippen molar-refractivity contribution in [2.24, 2.45) is 11.1 Å². The molecule has 0 heterocycles. The number of amides is 1. The molecular weight excluding hydrogens is 192 g/mol. The molecule has 1 atom stereocenters. The van der Waals surface area contributed by atoms with E-state index in [1.165, 1.54) is 0 Å². The molecule has 0 saturated carbocycles. The summed E-state index contributed by atoms with van der Waals surface area (Å²) in [4.78, 5) is 11.3. The van der Waals surface area contributed by atoms with Crippen molar-refractivity contribution in [2.45, 2.75) is 39.7 Å². The van der Waals surface area contributed by atoms with Crippen LogP contribution in [0.15, 0.2) is 0 Å². The van der Waals surface area contributed by atoms with Crippen LogP contribution in [-0.4, -0.2) is 32.2 Å². The Morgan fingerprint density at radius 2 is 2.07 bits per heavy atom. The number of rotatable bonds is 6. The second kappa shape index (κ2) is 6.80. The van der Waals surface area contributed by atoms with Crippen LogP contribution in [0, 0.1) is 5.41 Å². The molecule has 0 aromatic rings. The average Bonchev–Trinajstić information content (AvgIpc) is 2.13. The Hall–Kier alpha value is -0.610. The van der Waals surface area contributed by atoms with Gasteiger partial charge in [-0.25, -0.2) is 0 Å². The molecule has 0 aliphatic carbocycles. The smallest absolute Gasteiger partial charge is 0.220 e. The minimum absolute atomic E-state index is 0.0376. The Morgan fingerprint density at radius 3 is 2.47 bits per heavy atom. The van der Waals surface area contributed by atoms with E-state index in [9.17, 15) is 4.79 Å². The summed E-state index contributed by atoms with van der Waals surface area (Å²) in [5.41, 5.74) is 5.36. The minimum atomic E-state index is 0.0376. The largest absolute Gasteiger partial charge is 0.379 e. The maximum atomic E-state index is 11.3. The van der Waals surface area contributed by atoms with E-state index in [-0.39, 0.29) is 17.4 Å². The van der Waals surface area contributed by atoms with Gasteiger partial charge in [0.2, 0.25) is 5.91 Å². The van der Waals surface area contributed by atoms with Gasteiger partial charge in [0.1, 0.15) is 0 Å². The third-order valence-electron chi connectivity index (χ3n) is 2.34. The summed E-state index contributed by atoms with van der Waals surface area (Å²) in [6.07, 6.45) is 1.27. The molecule has 0 radical (unpaired) electrons. The lowest BCUT2D eigenvalue weighted by Crippen LogP contribution is -2.40. The maximum absolute atomic E-state index is 11.3. The van der Waals surface area contributed by atoms with E-state index in [0.29, 0.717) is 19.5 Å². The van der Waals surface area contributed by atoms with Crippen LogP contribution in [0.4, 0.5) is 0 Å². The maximum Gasteiger partial charge on any atom is 0.220 e. The molecule has 0 fully saturated rings. The monoisotopic (exact) mass is 216 g/mol. The van der Waals surface area contributed by atoms with Crippen molar-refractivity contribution >= 4 is 5.91 Å². The Morgan fingerprint density at radius 1 is 1.47 bits per heavy atom. The molecule has 0 aliphatic heterocycles. The highest BCUT2D eigenvalue weighted by Gasteiger charge is 2.24. The van der Waals surface area contributed by atoms with Gasteiger partial charge >= 0.3 is 0 Å². The van der Waals surface area contributed by atoms with E-state index < -0.39 is 0 Å². The van der Waals surface area contributed by atoms with Crippen LogP contribution in [0.25, 0.3) is 0 Å².